The number of nitrogens with zero attached hydrogens (tertiary/aromatic N) is 1. The van der Waals surface area contributed by atoms with E-state index in [1.165, 1.54) is 11.6 Å². The van der Waals surface area contributed by atoms with E-state index in [9.17, 15) is 9.18 Å². The van der Waals surface area contributed by atoms with Gasteiger partial charge in [-0.25, -0.2) is 4.39 Å². The summed E-state index contributed by atoms with van der Waals surface area (Å²) >= 11 is 0. The molecular formula is C27H35FN2O. The van der Waals surface area contributed by atoms with E-state index in [4.69, 9.17) is 0 Å². The predicted octanol–water partition coefficient (Wildman–Crippen LogP) is 6.80. The molecule has 166 valence electrons. The van der Waals surface area contributed by atoms with E-state index in [-0.39, 0.29) is 23.2 Å². The Morgan fingerprint density at radius 3 is 2.65 bits per heavy atom. The van der Waals surface area contributed by atoms with Crippen molar-refractivity contribution in [2.24, 2.45) is 5.41 Å². The van der Waals surface area contributed by atoms with Crippen LogP contribution in [0.2, 0.25) is 0 Å². The molecule has 0 aromatic heterocycles. The normalized spacial score (nSPS) is 17.1. The Bertz CT molecular complexity index is 944. The highest BCUT2D eigenvalue weighted by molar-refractivity contribution is 5.96. The first-order valence-corrected chi connectivity index (χ1v) is 11.3. The molecule has 1 aliphatic rings. The van der Waals surface area contributed by atoms with Gasteiger partial charge in [0.05, 0.1) is 6.04 Å². The van der Waals surface area contributed by atoms with Crippen molar-refractivity contribution in [3.05, 3.63) is 66.0 Å². The molecule has 3 rings (SSSR count). The van der Waals surface area contributed by atoms with Crippen LogP contribution in [-0.4, -0.2) is 23.4 Å². The van der Waals surface area contributed by atoms with Crippen LogP contribution in [0.1, 0.15) is 58.9 Å². The van der Waals surface area contributed by atoms with E-state index >= 15 is 0 Å². The van der Waals surface area contributed by atoms with Gasteiger partial charge in [-0.3, -0.25) is 9.69 Å². The van der Waals surface area contributed by atoms with E-state index in [0.29, 0.717) is 12.1 Å². The summed E-state index contributed by atoms with van der Waals surface area (Å²) in [6, 6.07) is 12.4. The number of rotatable bonds is 7. The van der Waals surface area contributed by atoms with Crippen molar-refractivity contribution >= 4 is 11.6 Å². The number of hydrogen-bond acceptors (Lipinski definition) is 2. The number of hydrogen-bond donors (Lipinski definition) is 1. The van der Waals surface area contributed by atoms with Crippen LogP contribution in [0.25, 0.3) is 11.1 Å². The molecule has 2 aromatic carbocycles. The molecule has 0 spiro atoms. The van der Waals surface area contributed by atoms with E-state index in [2.05, 4.69) is 44.5 Å². The lowest BCUT2D eigenvalue weighted by Gasteiger charge is -2.28. The number of amides is 1. The molecule has 1 atom stereocenters. The van der Waals surface area contributed by atoms with Crippen LogP contribution in [0, 0.1) is 11.2 Å². The lowest BCUT2D eigenvalue weighted by molar-refractivity contribution is -0.121. The number of fused-ring (bicyclic) bond motifs is 1. The minimum absolute atomic E-state index is 0.0356. The van der Waals surface area contributed by atoms with E-state index < -0.39 is 0 Å². The maximum Gasteiger partial charge on any atom is 0.241 e. The summed E-state index contributed by atoms with van der Waals surface area (Å²) in [5.74, 6) is -0.200. The predicted molar refractivity (Wildman–Crippen MR) is 127 cm³/mol. The lowest BCUT2D eigenvalue weighted by atomic mass is 9.87. The first-order chi connectivity index (χ1) is 14.7. The van der Waals surface area contributed by atoms with Crippen LogP contribution in [0.4, 0.5) is 10.1 Å². The summed E-state index contributed by atoms with van der Waals surface area (Å²) < 4.78 is 14.3. The molecular weight excluding hydrogens is 387 g/mol. The Hall–Kier alpha value is -2.46. The van der Waals surface area contributed by atoms with E-state index in [1.54, 1.807) is 12.1 Å². The number of halogens is 1. The maximum atomic E-state index is 14.3. The zero-order valence-electron chi connectivity index (χ0n) is 19.3. The molecule has 0 aliphatic carbocycles. The molecule has 1 amide bonds. The van der Waals surface area contributed by atoms with Crippen molar-refractivity contribution in [3.8, 4) is 11.1 Å². The fourth-order valence-corrected chi connectivity index (χ4v) is 4.47. The molecule has 2 aromatic rings. The van der Waals surface area contributed by atoms with Gasteiger partial charge >= 0.3 is 0 Å². The van der Waals surface area contributed by atoms with Crippen molar-refractivity contribution in [2.75, 3.05) is 11.9 Å². The molecule has 1 N–H and O–H groups in total. The van der Waals surface area contributed by atoms with E-state index in [1.807, 2.05) is 24.3 Å². The van der Waals surface area contributed by atoms with Crippen LogP contribution >= 0.6 is 0 Å². The van der Waals surface area contributed by atoms with Gasteiger partial charge < -0.3 is 5.32 Å². The van der Waals surface area contributed by atoms with Crippen molar-refractivity contribution in [2.45, 2.75) is 66.0 Å². The van der Waals surface area contributed by atoms with Crippen LogP contribution in [0.5, 0.6) is 0 Å². The standard InChI is InChI=1S/C27H35FN2O/c1-6-25-26(31)29-24-14-13-20(22-11-7-8-12-23(22)28)16-21(24)18-30(25)15-9-10-19(2)17-27(3,4)5/h7-8,11-14,16,25H,2,6,9-10,15,17-18H2,1,3-5H3,(H,29,31). The van der Waals surface area contributed by atoms with Gasteiger partial charge in [-0.1, -0.05) is 64.1 Å². The van der Waals surface area contributed by atoms with Crippen LogP contribution in [-0.2, 0) is 11.3 Å². The SMILES string of the molecule is C=C(CCCN1Cc2cc(-c3ccccc3F)ccc2NC(=O)C1CC)CC(C)(C)C. The lowest BCUT2D eigenvalue weighted by Crippen LogP contribution is -2.41. The quantitative estimate of drug-likeness (QED) is 0.498. The van der Waals surface area contributed by atoms with Crippen molar-refractivity contribution in [1.82, 2.24) is 4.90 Å². The van der Waals surface area contributed by atoms with E-state index in [0.717, 1.165) is 49.0 Å². The summed E-state index contributed by atoms with van der Waals surface area (Å²) in [5, 5.41) is 3.09. The molecule has 1 heterocycles. The molecule has 0 bridgehead atoms. The number of carbonyl (C=O) groups is 1. The van der Waals surface area contributed by atoms with Gasteiger partial charge in [0.1, 0.15) is 5.82 Å². The number of nitrogens with one attached hydrogen (secondary N) is 1. The number of carbonyl (C=O) groups excluding carboxylic acids is 1. The average molecular weight is 423 g/mol. The Balaban J connectivity index is 1.78. The molecule has 1 unspecified atom stereocenters. The highest BCUT2D eigenvalue weighted by Crippen LogP contribution is 2.31. The minimum atomic E-state index is -0.235. The number of anilines is 1. The van der Waals surface area contributed by atoms with Crippen molar-refractivity contribution in [1.29, 1.82) is 0 Å². The van der Waals surface area contributed by atoms with Gasteiger partial charge in [-0.05, 0) is 67.0 Å². The van der Waals surface area contributed by atoms with Gasteiger partial charge in [0, 0.05) is 17.8 Å². The average Bonchev–Trinajstić information content (AvgIpc) is 2.81. The largest absolute Gasteiger partial charge is 0.324 e. The fourth-order valence-electron chi connectivity index (χ4n) is 4.47. The minimum Gasteiger partial charge on any atom is -0.324 e. The van der Waals surface area contributed by atoms with Crippen molar-refractivity contribution in [3.63, 3.8) is 0 Å². The Morgan fingerprint density at radius 2 is 1.97 bits per heavy atom. The van der Waals surface area contributed by atoms with Crippen LogP contribution < -0.4 is 5.32 Å². The Kier molecular flexibility index (Phi) is 7.32. The van der Waals surface area contributed by atoms with Crippen LogP contribution in [0.15, 0.2) is 54.6 Å². The second-order valence-corrected chi connectivity index (χ2v) is 9.83. The molecule has 1 aliphatic heterocycles. The second kappa shape index (κ2) is 9.78. The maximum absolute atomic E-state index is 14.3. The zero-order valence-corrected chi connectivity index (χ0v) is 19.3. The van der Waals surface area contributed by atoms with Gasteiger partial charge in [-0.2, -0.15) is 0 Å². The topological polar surface area (TPSA) is 32.3 Å². The Labute approximate surface area is 186 Å². The van der Waals surface area contributed by atoms with Gasteiger partial charge in [0.2, 0.25) is 5.91 Å². The van der Waals surface area contributed by atoms with Gasteiger partial charge in [-0.15, -0.1) is 0 Å². The molecule has 3 nitrogen and oxygen atoms in total. The summed E-state index contributed by atoms with van der Waals surface area (Å²) in [6.07, 6.45) is 3.71. The van der Waals surface area contributed by atoms with Gasteiger partial charge in [0.15, 0.2) is 0 Å². The first-order valence-electron chi connectivity index (χ1n) is 11.3. The highest BCUT2D eigenvalue weighted by Gasteiger charge is 2.29. The molecule has 0 fully saturated rings. The third-order valence-electron chi connectivity index (χ3n) is 5.81. The third kappa shape index (κ3) is 6.04. The molecule has 0 saturated carbocycles. The molecule has 0 radical (unpaired) electrons. The van der Waals surface area contributed by atoms with Gasteiger partial charge in [0.25, 0.3) is 0 Å². The van der Waals surface area contributed by atoms with Crippen molar-refractivity contribution < 1.29 is 9.18 Å². The fraction of sp³-hybridized carbons (Fsp3) is 0.444. The smallest absolute Gasteiger partial charge is 0.241 e. The first kappa shape index (κ1) is 23.2. The van der Waals surface area contributed by atoms with Crippen LogP contribution in [0.3, 0.4) is 0 Å². The number of allylic oxidation sites excluding steroid dienone is 1. The highest BCUT2D eigenvalue weighted by atomic mass is 19.1. The third-order valence-corrected chi connectivity index (χ3v) is 5.81. The monoisotopic (exact) mass is 422 g/mol. The molecule has 0 saturated heterocycles. The summed E-state index contributed by atoms with van der Waals surface area (Å²) in [7, 11) is 0. The Morgan fingerprint density at radius 1 is 1.23 bits per heavy atom. The zero-order chi connectivity index (χ0) is 22.6. The second-order valence-electron chi connectivity index (χ2n) is 9.83. The summed E-state index contributed by atoms with van der Waals surface area (Å²) in [4.78, 5) is 15.1. The molecule has 4 heteroatoms. The summed E-state index contributed by atoms with van der Waals surface area (Å²) in [5.41, 5.74) is 4.77. The number of benzene rings is 2. The molecule has 31 heavy (non-hydrogen) atoms. The summed E-state index contributed by atoms with van der Waals surface area (Å²) in [6.45, 7) is 14.5.